The van der Waals surface area contributed by atoms with E-state index in [4.69, 9.17) is 10.3 Å². The predicted octanol–water partition coefficient (Wildman–Crippen LogP) is 2.19. The summed E-state index contributed by atoms with van der Waals surface area (Å²) >= 11 is 0. The molecule has 14 heavy (non-hydrogen) atoms. The summed E-state index contributed by atoms with van der Waals surface area (Å²) in [5.74, 6) is -0.204. The number of esters is 1. The van der Waals surface area contributed by atoms with Gasteiger partial charge in [0.25, 0.3) is 6.21 Å². The van der Waals surface area contributed by atoms with Crippen LogP contribution in [0.5, 0.6) is 0 Å². The van der Waals surface area contributed by atoms with E-state index in [1.54, 1.807) is 0 Å². The average Bonchev–Trinajstić information content (AvgIpc) is 2.15. The molecule has 0 saturated carbocycles. The zero-order chi connectivity index (χ0) is 10.6. The molecule has 4 heteroatoms. The second-order valence-electron chi connectivity index (χ2n) is 3.19. The fourth-order valence-corrected chi connectivity index (χ4v) is 1.14. The van der Waals surface area contributed by atoms with E-state index in [-0.39, 0.29) is 5.97 Å². The quantitative estimate of drug-likeness (QED) is 0.197. The molecule has 0 saturated heterocycles. The van der Waals surface area contributed by atoms with Crippen molar-refractivity contribution in [2.75, 3.05) is 6.61 Å². The topological polar surface area (TPSA) is 62.7 Å². The minimum atomic E-state index is -0.204. The maximum absolute atomic E-state index is 10.4. The van der Waals surface area contributed by atoms with E-state index >= 15 is 0 Å². The van der Waals surface area contributed by atoms with Gasteiger partial charge in [-0.3, -0.25) is 4.79 Å². The molecule has 0 aromatic rings. The molecule has 0 aromatic heterocycles. The van der Waals surface area contributed by atoms with Crippen LogP contribution in [-0.4, -0.2) is 23.6 Å². The third-order valence-corrected chi connectivity index (χ3v) is 1.86. The Balaban J connectivity index is 2.99. The van der Waals surface area contributed by atoms with Crippen LogP contribution in [0.4, 0.5) is 0 Å². The highest BCUT2D eigenvalue weighted by molar-refractivity contribution is 5.65. The Kier molecular flexibility index (Phi) is 9.12. The normalized spacial score (nSPS) is 9.21. The lowest BCUT2D eigenvalue weighted by atomic mass is 10.1. The molecule has 0 bridgehead atoms. The van der Waals surface area contributed by atoms with Crippen molar-refractivity contribution in [1.29, 1.82) is 0 Å². The Hall–Kier alpha value is -1.15. The number of unbranched alkanes of at least 4 members (excludes halogenated alkanes) is 5. The lowest BCUT2D eigenvalue weighted by Crippen LogP contribution is -2.00. The fraction of sp³-hybridized carbons (Fsp3) is 0.800. The van der Waals surface area contributed by atoms with Crippen LogP contribution in [0.25, 0.3) is 5.53 Å². The molecule has 0 aliphatic heterocycles. The van der Waals surface area contributed by atoms with Crippen molar-refractivity contribution in [3.63, 3.8) is 0 Å². The van der Waals surface area contributed by atoms with E-state index in [0.29, 0.717) is 6.61 Å². The Bertz CT molecular complexity index is 190. The van der Waals surface area contributed by atoms with Crippen molar-refractivity contribution in [2.45, 2.75) is 45.4 Å². The SMILES string of the molecule is CC(=O)OCCCCCCCC=[N+]=[N-]. The highest BCUT2D eigenvalue weighted by Crippen LogP contribution is 2.04. The average molecular weight is 198 g/mol. The Morgan fingerprint density at radius 3 is 2.57 bits per heavy atom. The summed E-state index contributed by atoms with van der Waals surface area (Å²) < 4.78 is 4.79. The molecule has 0 aromatic carbocycles. The molecule has 80 valence electrons. The molecule has 0 spiro atoms. The lowest BCUT2D eigenvalue weighted by molar-refractivity contribution is -0.141. The number of hydrogen-bond donors (Lipinski definition) is 0. The van der Waals surface area contributed by atoms with Crippen molar-refractivity contribution < 1.29 is 14.3 Å². The van der Waals surface area contributed by atoms with E-state index in [1.807, 2.05) is 0 Å². The van der Waals surface area contributed by atoms with Gasteiger partial charge in [0.15, 0.2) is 0 Å². The first kappa shape index (κ1) is 12.8. The highest BCUT2D eigenvalue weighted by Gasteiger charge is 1.93. The van der Waals surface area contributed by atoms with Crippen LogP contribution in [0.2, 0.25) is 0 Å². The first-order valence-corrected chi connectivity index (χ1v) is 5.06. The fourth-order valence-electron chi connectivity index (χ4n) is 1.14. The molecule has 0 fully saturated rings. The molecule has 0 unspecified atom stereocenters. The van der Waals surface area contributed by atoms with E-state index in [0.717, 1.165) is 38.5 Å². The molecular weight excluding hydrogens is 180 g/mol. The van der Waals surface area contributed by atoms with Gasteiger partial charge in [-0.05, 0) is 12.8 Å². The Morgan fingerprint density at radius 2 is 1.93 bits per heavy atom. The highest BCUT2D eigenvalue weighted by atomic mass is 16.5. The minimum absolute atomic E-state index is 0.204. The van der Waals surface area contributed by atoms with Gasteiger partial charge in [0.05, 0.1) is 6.61 Å². The first-order valence-electron chi connectivity index (χ1n) is 5.06. The Morgan fingerprint density at radius 1 is 1.29 bits per heavy atom. The van der Waals surface area contributed by atoms with E-state index in [9.17, 15) is 4.79 Å². The van der Waals surface area contributed by atoms with Crippen LogP contribution >= 0.6 is 0 Å². The van der Waals surface area contributed by atoms with Crippen LogP contribution in [0.3, 0.4) is 0 Å². The number of hydrogen-bond acceptors (Lipinski definition) is 2. The molecule has 0 amide bonds. The van der Waals surface area contributed by atoms with Gasteiger partial charge in [-0.2, -0.15) is 4.79 Å². The van der Waals surface area contributed by atoms with Gasteiger partial charge >= 0.3 is 5.97 Å². The molecule has 0 heterocycles. The maximum Gasteiger partial charge on any atom is 0.302 e. The molecular formula is C10H18N2O2. The number of nitrogens with zero attached hydrogens (tertiary/aromatic N) is 2. The van der Waals surface area contributed by atoms with Gasteiger partial charge < -0.3 is 10.3 Å². The van der Waals surface area contributed by atoms with Gasteiger partial charge in [0.2, 0.25) is 0 Å². The third kappa shape index (κ3) is 10.8. The largest absolute Gasteiger partial charge is 0.466 e. The summed E-state index contributed by atoms with van der Waals surface area (Å²) in [5.41, 5.74) is 8.11. The van der Waals surface area contributed by atoms with Crippen LogP contribution in [0, 0.1) is 0 Å². The molecule has 0 N–H and O–H groups in total. The number of ether oxygens (including phenoxy) is 1. The molecule has 0 radical (unpaired) electrons. The van der Waals surface area contributed by atoms with Crippen LogP contribution in [0.1, 0.15) is 45.4 Å². The van der Waals surface area contributed by atoms with Crippen molar-refractivity contribution in [1.82, 2.24) is 0 Å². The lowest BCUT2D eigenvalue weighted by Gasteiger charge is -2.00. The zero-order valence-corrected chi connectivity index (χ0v) is 8.74. The van der Waals surface area contributed by atoms with Gasteiger partial charge in [-0.25, -0.2) is 0 Å². The minimum Gasteiger partial charge on any atom is -0.466 e. The number of rotatable bonds is 8. The number of carbonyl (C=O) groups excluding carboxylic acids is 1. The first-order chi connectivity index (χ1) is 6.77. The van der Waals surface area contributed by atoms with Gasteiger partial charge in [0.1, 0.15) is 0 Å². The van der Waals surface area contributed by atoms with Crippen molar-refractivity contribution in [3.05, 3.63) is 5.53 Å². The third-order valence-electron chi connectivity index (χ3n) is 1.86. The summed E-state index contributed by atoms with van der Waals surface area (Å²) in [6.45, 7) is 1.96. The monoisotopic (exact) mass is 198 g/mol. The molecule has 4 nitrogen and oxygen atoms in total. The van der Waals surface area contributed by atoms with Crippen LogP contribution in [-0.2, 0) is 9.53 Å². The maximum atomic E-state index is 10.4. The standard InChI is InChI=1S/C10H18N2O2/c1-10(13)14-9-7-5-3-2-4-6-8-12-11/h8H,2-7,9H2,1H3. The molecule has 0 aliphatic rings. The summed E-state index contributed by atoms with van der Waals surface area (Å²) in [6.07, 6.45) is 7.70. The van der Waals surface area contributed by atoms with Crippen molar-refractivity contribution >= 4 is 12.2 Å². The van der Waals surface area contributed by atoms with E-state index < -0.39 is 0 Å². The second kappa shape index (κ2) is 9.93. The van der Waals surface area contributed by atoms with Crippen molar-refractivity contribution in [2.24, 2.45) is 0 Å². The van der Waals surface area contributed by atoms with E-state index in [1.165, 1.54) is 13.1 Å². The van der Waals surface area contributed by atoms with Gasteiger partial charge in [-0.15, -0.1) is 0 Å². The van der Waals surface area contributed by atoms with Crippen LogP contribution in [0.15, 0.2) is 0 Å². The predicted molar refractivity (Wildman–Crippen MR) is 54.0 cm³/mol. The molecule has 0 atom stereocenters. The van der Waals surface area contributed by atoms with E-state index in [2.05, 4.69) is 4.79 Å². The number of carbonyl (C=O) groups is 1. The molecule has 0 aliphatic carbocycles. The zero-order valence-electron chi connectivity index (χ0n) is 8.74. The molecule has 0 rings (SSSR count). The Labute approximate surface area is 84.9 Å². The summed E-state index contributed by atoms with van der Waals surface area (Å²) in [7, 11) is 0. The summed E-state index contributed by atoms with van der Waals surface area (Å²) in [5, 5.41) is 0. The second-order valence-corrected chi connectivity index (χ2v) is 3.19. The van der Waals surface area contributed by atoms with Gasteiger partial charge in [0, 0.05) is 13.3 Å². The van der Waals surface area contributed by atoms with Crippen molar-refractivity contribution in [3.8, 4) is 0 Å². The summed E-state index contributed by atoms with van der Waals surface area (Å²) in [4.78, 5) is 13.3. The van der Waals surface area contributed by atoms with Crippen LogP contribution < -0.4 is 0 Å². The van der Waals surface area contributed by atoms with Gasteiger partial charge in [-0.1, -0.05) is 19.3 Å². The smallest absolute Gasteiger partial charge is 0.302 e. The summed E-state index contributed by atoms with van der Waals surface area (Å²) in [6, 6.07) is 0.